The lowest BCUT2D eigenvalue weighted by molar-refractivity contribution is 0.102. The number of nitrogens with zero attached hydrogens (tertiary/aromatic N) is 4. The summed E-state index contributed by atoms with van der Waals surface area (Å²) >= 11 is 1.30. The summed E-state index contributed by atoms with van der Waals surface area (Å²) in [6, 6.07) is 1.29. The van der Waals surface area contributed by atoms with E-state index in [0.29, 0.717) is 18.2 Å². The predicted octanol–water partition coefficient (Wildman–Crippen LogP) is 0.534. The summed E-state index contributed by atoms with van der Waals surface area (Å²) in [7, 11) is -2.06. The number of rotatable bonds is 2. The SMILES string of the molecule is Cc1csc(NC(=O)c2cc3n(n2)CCN(C)S3(=O)=O)n1. The molecule has 0 saturated carbocycles. The average Bonchev–Trinajstić information content (AvgIpc) is 3.01. The van der Waals surface area contributed by atoms with Crippen LogP contribution in [0, 0.1) is 6.92 Å². The first kappa shape index (κ1) is 14.2. The molecule has 0 aromatic carbocycles. The first-order valence-corrected chi connectivity index (χ1v) is 8.47. The number of anilines is 1. The van der Waals surface area contributed by atoms with Crippen molar-refractivity contribution in [2.75, 3.05) is 18.9 Å². The Morgan fingerprint density at radius 2 is 2.19 bits per heavy atom. The highest BCUT2D eigenvalue weighted by Gasteiger charge is 2.31. The number of hydrogen-bond acceptors (Lipinski definition) is 6. The minimum Gasteiger partial charge on any atom is -0.296 e. The molecule has 0 fully saturated rings. The van der Waals surface area contributed by atoms with Gasteiger partial charge in [0.05, 0.1) is 12.2 Å². The normalized spacial score (nSPS) is 17.4. The first-order valence-electron chi connectivity index (χ1n) is 6.15. The van der Waals surface area contributed by atoms with Gasteiger partial charge in [-0.1, -0.05) is 0 Å². The average molecular weight is 327 g/mol. The lowest BCUT2D eigenvalue weighted by Crippen LogP contribution is -2.37. The second-order valence-corrected chi connectivity index (χ2v) is 7.52. The van der Waals surface area contributed by atoms with Gasteiger partial charge in [0.2, 0.25) is 0 Å². The number of likely N-dealkylation sites (N-methyl/N-ethyl adjacent to an activating group) is 1. The molecule has 1 N–H and O–H groups in total. The number of fused-ring (bicyclic) bond motifs is 1. The maximum Gasteiger partial charge on any atom is 0.277 e. The summed E-state index contributed by atoms with van der Waals surface area (Å²) in [5.74, 6) is -0.468. The molecular weight excluding hydrogens is 314 g/mol. The number of thiazole rings is 1. The summed E-state index contributed by atoms with van der Waals surface area (Å²) in [5.41, 5.74) is 0.875. The van der Waals surface area contributed by atoms with Crippen molar-refractivity contribution >= 4 is 32.4 Å². The van der Waals surface area contributed by atoms with Crippen LogP contribution in [0.4, 0.5) is 5.13 Å². The van der Waals surface area contributed by atoms with E-state index in [-0.39, 0.29) is 10.7 Å². The second-order valence-electron chi connectivity index (χ2n) is 4.67. The molecule has 1 aliphatic heterocycles. The molecule has 0 unspecified atom stereocenters. The fourth-order valence-electron chi connectivity index (χ4n) is 1.97. The van der Waals surface area contributed by atoms with Crippen LogP contribution in [0.5, 0.6) is 0 Å². The van der Waals surface area contributed by atoms with E-state index in [4.69, 9.17) is 0 Å². The molecule has 0 spiro atoms. The van der Waals surface area contributed by atoms with Gasteiger partial charge in [0.15, 0.2) is 15.9 Å². The van der Waals surface area contributed by atoms with Gasteiger partial charge >= 0.3 is 0 Å². The number of sulfonamides is 1. The molecule has 8 nitrogen and oxygen atoms in total. The molecule has 0 bridgehead atoms. The van der Waals surface area contributed by atoms with E-state index < -0.39 is 15.9 Å². The Morgan fingerprint density at radius 3 is 2.86 bits per heavy atom. The van der Waals surface area contributed by atoms with Crippen LogP contribution >= 0.6 is 11.3 Å². The van der Waals surface area contributed by atoms with Crippen molar-refractivity contribution in [3.8, 4) is 0 Å². The van der Waals surface area contributed by atoms with Crippen LogP contribution in [-0.4, -0.2) is 47.0 Å². The summed E-state index contributed by atoms with van der Waals surface area (Å²) in [5, 5.41) is 8.98. The molecule has 0 atom stereocenters. The van der Waals surface area contributed by atoms with Gasteiger partial charge < -0.3 is 0 Å². The molecule has 2 aromatic rings. The van der Waals surface area contributed by atoms with Crippen LogP contribution in [0.2, 0.25) is 0 Å². The third kappa shape index (κ3) is 2.45. The van der Waals surface area contributed by atoms with Crippen molar-refractivity contribution in [1.82, 2.24) is 19.1 Å². The van der Waals surface area contributed by atoms with Gasteiger partial charge in [-0.15, -0.1) is 11.3 Å². The second kappa shape index (κ2) is 4.90. The maximum atomic E-state index is 12.1. The van der Waals surface area contributed by atoms with Crippen LogP contribution in [0.25, 0.3) is 0 Å². The molecule has 3 rings (SSSR count). The number of aryl methyl sites for hydroxylation is 1. The highest BCUT2D eigenvalue weighted by molar-refractivity contribution is 7.89. The summed E-state index contributed by atoms with van der Waals surface area (Å²) in [6.07, 6.45) is 0. The summed E-state index contributed by atoms with van der Waals surface area (Å²) in [4.78, 5) is 16.2. The van der Waals surface area contributed by atoms with Gasteiger partial charge in [0.1, 0.15) is 0 Å². The molecule has 1 aliphatic rings. The molecule has 3 heterocycles. The summed E-state index contributed by atoms with van der Waals surface area (Å²) in [6.45, 7) is 2.59. The van der Waals surface area contributed by atoms with Crippen molar-refractivity contribution in [2.24, 2.45) is 0 Å². The third-order valence-electron chi connectivity index (χ3n) is 3.12. The number of nitrogens with one attached hydrogen (secondary N) is 1. The molecule has 21 heavy (non-hydrogen) atoms. The zero-order valence-electron chi connectivity index (χ0n) is 11.4. The van der Waals surface area contributed by atoms with Crippen molar-refractivity contribution in [3.63, 3.8) is 0 Å². The number of amides is 1. The molecular formula is C11H13N5O3S2. The number of carbonyl (C=O) groups excluding carboxylic acids is 1. The molecule has 10 heteroatoms. The topological polar surface area (TPSA) is 97.2 Å². The Balaban J connectivity index is 1.90. The number of aromatic nitrogens is 3. The highest BCUT2D eigenvalue weighted by atomic mass is 32.2. The quantitative estimate of drug-likeness (QED) is 0.868. The van der Waals surface area contributed by atoms with E-state index in [9.17, 15) is 13.2 Å². The minimum atomic E-state index is -3.56. The van der Waals surface area contributed by atoms with Gasteiger partial charge in [-0.2, -0.15) is 9.40 Å². The van der Waals surface area contributed by atoms with Crippen LogP contribution in [-0.2, 0) is 16.6 Å². The van der Waals surface area contributed by atoms with Gasteiger partial charge in [-0.05, 0) is 6.92 Å². The van der Waals surface area contributed by atoms with E-state index in [0.717, 1.165) is 5.69 Å². The molecule has 112 valence electrons. The molecule has 0 radical (unpaired) electrons. The highest BCUT2D eigenvalue weighted by Crippen LogP contribution is 2.21. The third-order valence-corrected chi connectivity index (χ3v) is 5.85. The largest absolute Gasteiger partial charge is 0.296 e. The Bertz CT molecular complexity index is 808. The molecule has 1 amide bonds. The van der Waals surface area contributed by atoms with Gasteiger partial charge in [-0.3, -0.25) is 14.8 Å². The lowest BCUT2D eigenvalue weighted by Gasteiger charge is -2.22. The predicted molar refractivity (Wildman–Crippen MR) is 76.8 cm³/mol. The molecule has 0 aliphatic carbocycles. The van der Waals surface area contributed by atoms with E-state index in [2.05, 4.69) is 15.4 Å². The fourth-order valence-corrected chi connectivity index (χ4v) is 3.95. The van der Waals surface area contributed by atoms with E-state index >= 15 is 0 Å². The number of hydrogen-bond donors (Lipinski definition) is 1. The monoisotopic (exact) mass is 327 g/mol. The van der Waals surface area contributed by atoms with Gasteiger partial charge in [0, 0.05) is 25.0 Å². The maximum absolute atomic E-state index is 12.1. The van der Waals surface area contributed by atoms with Crippen molar-refractivity contribution in [2.45, 2.75) is 18.5 Å². The minimum absolute atomic E-state index is 0.0386. The zero-order valence-corrected chi connectivity index (χ0v) is 13.0. The van der Waals surface area contributed by atoms with Crippen LogP contribution in [0.3, 0.4) is 0 Å². The van der Waals surface area contributed by atoms with E-state index in [1.807, 2.05) is 12.3 Å². The van der Waals surface area contributed by atoms with Crippen molar-refractivity contribution < 1.29 is 13.2 Å². The number of carbonyl (C=O) groups is 1. The van der Waals surface area contributed by atoms with E-state index in [1.165, 1.54) is 33.4 Å². The first-order chi connectivity index (χ1) is 9.88. The van der Waals surface area contributed by atoms with Crippen LogP contribution < -0.4 is 5.32 Å². The standard InChI is InChI=1S/C11H13N5O3S2/c1-7-6-20-11(12-7)13-10(17)8-5-9-16(14-8)4-3-15(2)21(9,18)19/h5-6H,3-4H2,1-2H3,(H,12,13,17). The van der Waals surface area contributed by atoms with Crippen molar-refractivity contribution in [3.05, 3.63) is 22.8 Å². The lowest BCUT2D eigenvalue weighted by atomic mass is 10.4. The van der Waals surface area contributed by atoms with Crippen molar-refractivity contribution in [1.29, 1.82) is 0 Å². The molecule has 2 aromatic heterocycles. The smallest absolute Gasteiger partial charge is 0.277 e. The van der Waals surface area contributed by atoms with Crippen LogP contribution in [0.1, 0.15) is 16.2 Å². The van der Waals surface area contributed by atoms with Crippen LogP contribution in [0.15, 0.2) is 16.5 Å². The van der Waals surface area contributed by atoms with E-state index in [1.54, 1.807) is 0 Å². The summed E-state index contributed by atoms with van der Waals surface area (Å²) < 4.78 is 26.8. The van der Waals surface area contributed by atoms with Gasteiger partial charge in [-0.25, -0.2) is 13.4 Å². The Labute approximate surface area is 125 Å². The molecule has 0 saturated heterocycles. The Kier molecular flexibility index (Phi) is 3.30. The van der Waals surface area contributed by atoms with Gasteiger partial charge in [0.25, 0.3) is 15.9 Å². The fraction of sp³-hybridized carbons (Fsp3) is 0.364. The Hall–Kier alpha value is -1.78. The zero-order chi connectivity index (χ0) is 15.2. The Morgan fingerprint density at radius 1 is 1.43 bits per heavy atom.